The quantitative estimate of drug-likeness (QED) is 0.808. The summed E-state index contributed by atoms with van der Waals surface area (Å²) in [6, 6.07) is 1.58. The number of nitrogens with zero attached hydrogens (tertiary/aromatic N) is 1. The van der Waals surface area contributed by atoms with E-state index in [1.807, 2.05) is 0 Å². The largest absolute Gasteiger partial charge is 0.366 e. The number of nitrogens with two attached hydrogens (primary N) is 2. The van der Waals surface area contributed by atoms with Gasteiger partial charge in [-0.05, 0) is 11.6 Å². The first-order valence-electron chi connectivity index (χ1n) is 4.11. The molecule has 0 aliphatic heterocycles. The van der Waals surface area contributed by atoms with Gasteiger partial charge in [-0.1, -0.05) is 0 Å². The van der Waals surface area contributed by atoms with Crippen molar-refractivity contribution in [3.05, 3.63) is 35.9 Å². The van der Waals surface area contributed by atoms with Crippen molar-refractivity contribution in [1.29, 1.82) is 0 Å². The number of primary amides is 1. The molecule has 0 saturated heterocycles. The topological polar surface area (TPSA) is 74.0 Å². The molecule has 4 nitrogen and oxygen atoms in total. The smallest absolute Gasteiger partial charge is 0.250 e. The molecule has 1 heterocycles. The molecule has 1 aromatic rings. The summed E-state index contributed by atoms with van der Waals surface area (Å²) in [5.41, 5.74) is 11.2. The molecule has 84 valence electrons. The SMILES string of the molecule is Cl.NCC(=CF)Cn1ccc(C(N)=O)c1. The molecule has 0 aliphatic rings. The highest BCUT2D eigenvalue weighted by Gasteiger charge is 2.03. The van der Waals surface area contributed by atoms with Crippen LogP contribution in [0, 0.1) is 0 Å². The van der Waals surface area contributed by atoms with Gasteiger partial charge in [-0.3, -0.25) is 4.79 Å². The lowest BCUT2D eigenvalue weighted by atomic mass is 10.3. The van der Waals surface area contributed by atoms with Gasteiger partial charge in [0, 0.05) is 25.5 Å². The molecule has 0 spiro atoms. The molecule has 1 rings (SSSR count). The molecule has 0 atom stereocenters. The summed E-state index contributed by atoms with van der Waals surface area (Å²) >= 11 is 0. The Balaban J connectivity index is 0.00000196. The molecule has 0 saturated carbocycles. The zero-order valence-corrected chi connectivity index (χ0v) is 8.84. The van der Waals surface area contributed by atoms with Crippen molar-refractivity contribution in [1.82, 2.24) is 4.57 Å². The van der Waals surface area contributed by atoms with Gasteiger partial charge in [0.05, 0.1) is 11.9 Å². The molecule has 0 bridgehead atoms. The van der Waals surface area contributed by atoms with Gasteiger partial charge in [-0.2, -0.15) is 0 Å². The van der Waals surface area contributed by atoms with E-state index in [2.05, 4.69) is 0 Å². The van der Waals surface area contributed by atoms with Crippen LogP contribution in [0.15, 0.2) is 30.4 Å². The molecule has 0 aromatic carbocycles. The van der Waals surface area contributed by atoms with Gasteiger partial charge in [-0.15, -0.1) is 12.4 Å². The second-order valence-electron chi connectivity index (χ2n) is 2.91. The Morgan fingerprint density at radius 1 is 1.60 bits per heavy atom. The molecule has 1 aromatic heterocycles. The average molecular weight is 234 g/mol. The summed E-state index contributed by atoms with van der Waals surface area (Å²) < 4.78 is 13.8. The standard InChI is InChI=1S/C9H12FN3O.ClH/c10-3-7(4-11)5-13-2-1-8(6-13)9(12)14;/h1-3,6H,4-5,11H2,(H2,12,14);1H. The fourth-order valence-electron chi connectivity index (χ4n) is 1.06. The van der Waals surface area contributed by atoms with E-state index in [4.69, 9.17) is 11.5 Å². The number of carbonyl (C=O) groups excluding carboxylic acids is 1. The van der Waals surface area contributed by atoms with Gasteiger partial charge in [0.2, 0.25) is 5.91 Å². The van der Waals surface area contributed by atoms with Crippen LogP contribution in [-0.2, 0) is 6.54 Å². The first-order valence-corrected chi connectivity index (χ1v) is 4.11. The summed E-state index contributed by atoms with van der Waals surface area (Å²) in [5, 5.41) is 0. The summed E-state index contributed by atoms with van der Waals surface area (Å²) in [6.07, 6.45) is 3.69. The second-order valence-corrected chi connectivity index (χ2v) is 2.91. The van der Waals surface area contributed by atoms with Crippen LogP contribution in [0.2, 0.25) is 0 Å². The molecular formula is C9H13ClFN3O. The third-order valence-corrected chi connectivity index (χ3v) is 1.84. The van der Waals surface area contributed by atoms with Crippen molar-refractivity contribution < 1.29 is 9.18 Å². The lowest BCUT2D eigenvalue weighted by molar-refractivity contribution is 0.100. The van der Waals surface area contributed by atoms with Crippen LogP contribution in [0.3, 0.4) is 0 Å². The zero-order valence-electron chi connectivity index (χ0n) is 8.02. The van der Waals surface area contributed by atoms with Crippen LogP contribution in [0.4, 0.5) is 4.39 Å². The number of hydrogen-bond donors (Lipinski definition) is 2. The van der Waals surface area contributed by atoms with E-state index in [9.17, 15) is 9.18 Å². The van der Waals surface area contributed by atoms with Gasteiger partial charge < -0.3 is 16.0 Å². The average Bonchev–Trinajstić information content (AvgIpc) is 2.62. The normalized spacial score (nSPS) is 10.9. The summed E-state index contributed by atoms with van der Waals surface area (Å²) in [7, 11) is 0. The van der Waals surface area contributed by atoms with Crippen molar-refractivity contribution in [2.45, 2.75) is 6.54 Å². The fraction of sp³-hybridized carbons (Fsp3) is 0.222. The Morgan fingerprint density at radius 2 is 2.27 bits per heavy atom. The molecule has 15 heavy (non-hydrogen) atoms. The molecule has 4 N–H and O–H groups in total. The predicted molar refractivity (Wildman–Crippen MR) is 58.4 cm³/mol. The van der Waals surface area contributed by atoms with E-state index in [-0.39, 0.29) is 19.0 Å². The van der Waals surface area contributed by atoms with E-state index < -0.39 is 5.91 Å². The first kappa shape index (κ1) is 13.7. The van der Waals surface area contributed by atoms with Crippen LogP contribution in [-0.4, -0.2) is 17.0 Å². The molecule has 0 aliphatic carbocycles. The second kappa shape index (κ2) is 6.21. The minimum Gasteiger partial charge on any atom is -0.366 e. The van der Waals surface area contributed by atoms with Crippen molar-refractivity contribution in [2.75, 3.05) is 6.54 Å². The molecule has 0 unspecified atom stereocenters. The third-order valence-electron chi connectivity index (χ3n) is 1.84. The van der Waals surface area contributed by atoms with Gasteiger partial charge >= 0.3 is 0 Å². The molecule has 6 heteroatoms. The Bertz CT molecular complexity index is 362. The van der Waals surface area contributed by atoms with Crippen LogP contribution in [0.25, 0.3) is 0 Å². The Labute approximate surface area is 93.1 Å². The zero-order chi connectivity index (χ0) is 10.6. The third kappa shape index (κ3) is 3.73. The number of aromatic nitrogens is 1. The maximum Gasteiger partial charge on any atom is 0.250 e. The summed E-state index contributed by atoms with van der Waals surface area (Å²) in [4.78, 5) is 10.7. The van der Waals surface area contributed by atoms with E-state index in [1.54, 1.807) is 23.0 Å². The highest BCUT2D eigenvalue weighted by Crippen LogP contribution is 2.04. The first-order chi connectivity index (χ1) is 6.67. The van der Waals surface area contributed by atoms with Crippen LogP contribution in [0.5, 0.6) is 0 Å². The van der Waals surface area contributed by atoms with Crippen molar-refractivity contribution >= 4 is 18.3 Å². The number of carbonyl (C=O) groups is 1. The Hall–Kier alpha value is -1.33. The van der Waals surface area contributed by atoms with Gasteiger partial charge in [0.1, 0.15) is 0 Å². The fourth-order valence-corrected chi connectivity index (χ4v) is 1.06. The highest BCUT2D eigenvalue weighted by molar-refractivity contribution is 5.92. The van der Waals surface area contributed by atoms with E-state index in [1.165, 1.54) is 0 Å². The van der Waals surface area contributed by atoms with E-state index >= 15 is 0 Å². The van der Waals surface area contributed by atoms with Gasteiger partial charge in [0.15, 0.2) is 0 Å². The maximum atomic E-state index is 12.2. The van der Waals surface area contributed by atoms with Crippen LogP contribution < -0.4 is 11.5 Å². The van der Waals surface area contributed by atoms with Crippen LogP contribution in [0.1, 0.15) is 10.4 Å². The van der Waals surface area contributed by atoms with Gasteiger partial charge in [0.25, 0.3) is 0 Å². The van der Waals surface area contributed by atoms with Crippen molar-refractivity contribution in [2.24, 2.45) is 11.5 Å². The Kier molecular flexibility index (Phi) is 5.66. The Morgan fingerprint density at radius 3 is 2.67 bits per heavy atom. The molecule has 0 radical (unpaired) electrons. The number of amides is 1. The summed E-state index contributed by atoms with van der Waals surface area (Å²) in [6.45, 7) is 0.487. The maximum absolute atomic E-state index is 12.2. The lowest BCUT2D eigenvalue weighted by Crippen LogP contribution is -2.11. The molecular weight excluding hydrogens is 221 g/mol. The van der Waals surface area contributed by atoms with Crippen molar-refractivity contribution in [3.63, 3.8) is 0 Å². The van der Waals surface area contributed by atoms with E-state index in [0.717, 1.165) is 0 Å². The summed E-state index contributed by atoms with van der Waals surface area (Å²) in [5.74, 6) is -0.498. The predicted octanol–water partition coefficient (Wildman–Crippen LogP) is 0.821. The number of hydrogen-bond acceptors (Lipinski definition) is 2. The molecule has 1 amide bonds. The van der Waals surface area contributed by atoms with Crippen LogP contribution >= 0.6 is 12.4 Å². The minimum atomic E-state index is -0.498. The number of halogens is 2. The number of rotatable bonds is 4. The van der Waals surface area contributed by atoms with Crippen molar-refractivity contribution in [3.8, 4) is 0 Å². The highest BCUT2D eigenvalue weighted by atomic mass is 35.5. The van der Waals surface area contributed by atoms with E-state index in [0.29, 0.717) is 24.0 Å². The molecule has 0 fully saturated rings. The lowest BCUT2D eigenvalue weighted by Gasteiger charge is -2.03. The monoisotopic (exact) mass is 233 g/mol. The minimum absolute atomic E-state index is 0. The van der Waals surface area contributed by atoms with Gasteiger partial charge in [-0.25, -0.2) is 4.39 Å².